The molecule has 1 aromatic heterocycles. The molecule has 1 aliphatic heterocycles. The molecule has 2 aromatic rings. The quantitative estimate of drug-likeness (QED) is 0.508. The number of alkyl halides is 3. The van der Waals surface area contributed by atoms with Crippen molar-refractivity contribution in [1.29, 1.82) is 0 Å². The van der Waals surface area contributed by atoms with Gasteiger partial charge in [-0.3, -0.25) is 4.79 Å². The predicted octanol–water partition coefficient (Wildman–Crippen LogP) is 5.69. The zero-order valence-electron chi connectivity index (χ0n) is 18.7. The largest absolute Gasteiger partial charge is 0.419 e. The number of fused-ring (bicyclic) bond motifs is 1. The van der Waals surface area contributed by atoms with Gasteiger partial charge in [0.2, 0.25) is 5.91 Å². The van der Waals surface area contributed by atoms with Crippen molar-refractivity contribution in [3.63, 3.8) is 0 Å². The topological polar surface area (TPSA) is 46.1 Å². The maximum atomic E-state index is 14.1. The van der Waals surface area contributed by atoms with Crippen molar-refractivity contribution in [3.05, 3.63) is 58.4 Å². The molecule has 0 radical (unpaired) electrons. The molecular formula is C24H29F4N3O. The maximum absolute atomic E-state index is 14.1. The van der Waals surface area contributed by atoms with E-state index in [2.05, 4.69) is 23.8 Å². The number of aromatic nitrogens is 2. The molecule has 32 heavy (non-hydrogen) atoms. The normalized spacial score (nSPS) is 15.1. The monoisotopic (exact) mass is 451 g/mol. The molecule has 0 spiro atoms. The zero-order chi connectivity index (χ0) is 23.5. The van der Waals surface area contributed by atoms with E-state index in [-0.39, 0.29) is 18.2 Å². The first kappa shape index (κ1) is 24.1. The Morgan fingerprint density at radius 3 is 2.62 bits per heavy atom. The van der Waals surface area contributed by atoms with Crippen LogP contribution in [0.3, 0.4) is 0 Å². The minimum absolute atomic E-state index is 0.0987. The van der Waals surface area contributed by atoms with E-state index in [0.717, 1.165) is 42.1 Å². The molecule has 3 rings (SSSR count). The molecule has 1 unspecified atom stereocenters. The van der Waals surface area contributed by atoms with Crippen molar-refractivity contribution in [2.75, 3.05) is 6.54 Å². The fraction of sp³-hybridized carbons (Fsp3) is 0.542. The van der Waals surface area contributed by atoms with Gasteiger partial charge in [-0.15, -0.1) is 0 Å². The molecule has 0 N–H and O–H groups in total. The van der Waals surface area contributed by atoms with Crippen LogP contribution in [0, 0.1) is 11.7 Å². The van der Waals surface area contributed by atoms with Crippen molar-refractivity contribution >= 4 is 5.91 Å². The van der Waals surface area contributed by atoms with Crippen molar-refractivity contribution in [2.45, 2.75) is 71.5 Å². The average Bonchev–Trinajstić information content (AvgIpc) is 2.71. The van der Waals surface area contributed by atoms with Gasteiger partial charge in [0.25, 0.3) is 0 Å². The van der Waals surface area contributed by atoms with E-state index in [1.54, 1.807) is 4.90 Å². The lowest BCUT2D eigenvalue weighted by Crippen LogP contribution is -2.37. The first-order valence-electron chi connectivity index (χ1n) is 11.1. The summed E-state index contributed by atoms with van der Waals surface area (Å²) in [5.41, 5.74) is 1.02. The summed E-state index contributed by atoms with van der Waals surface area (Å²) in [5.74, 6) is -0.554. The second-order valence-electron chi connectivity index (χ2n) is 8.85. The van der Waals surface area contributed by atoms with Gasteiger partial charge in [0, 0.05) is 25.6 Å². The number of amides is 1. The summed E-state index contributed by atoms with van der Waals surface area (Å²) in [6, 6.07) is 2.98. The highest BCUT2D eigenvalue weighted by Gasteiger charge is 2.34. The Balaban J connectivity index is 1.74. The molecule has 0 aliphatic carbocycles. The van der Waals surface area contributed by atoms with Crippen LogP contribution in [0.25, 0.3) is 0 Å². The highest BCUT2D eigenvalue weighted by atomic mass is 19.4. The van der Waals surface area contributed by atoms with E-state index in [0.29, 0.717) is 37.4 Å². The van der Waals surface area contributed by atoms with Crippen molar-refractivity contribution < 1.29 is 22.4 Å². The molecule has 1 aromatic carbocycles. The lowest BCUT2D eigenvalue weighted by Gasteiger charge is -2.30. The van der Waals surface area contributed by atoms with E-state index in [4.69, 9.17) is 0 Å². The molecule has 1 atom stereocenters. The van der Waals surface area contributed by atoms with Crippen molar-refractivity contribution in [2.24, 2.45) is 5.92 Å². The average molecular weight is 452 g/mol. The van der Waals surface area contributed by atoms with Gasteiger partial charge in [-0.05, 0) is 47.9 Å². The van der Waals surface area contributed by atoms with Crippen LogP contribution in [-0.4, -0.2) is 27.3 Å². The molecule has 4 nitrogen and oxygen atoms in total. The Morgan fingerprint density at radius 2 is 2.00 bits per heavy atom. The fourth-order valence-corrected chi connectivity index (χ4v) is 4.11. The zero-order valence-corrected chi connectivity index (χ0v) is 18.7. The van der Waals surface area contributed by atoms with Gasteiger partial charge in [-0.25, -0.2) is 14.4 Å². The molecule has 8 heteroatoms. The van der Waals surface area contributed by atoms with Gasteiger partial charge in [0.1, 0.15) is 11.6 Å². The van der Waals surface area contributed by atoms with Gasteiger partial charge in [0.15, 0.2) is 0 Å². The van der Waals surface area contributed by atoms with Crippen LogP contribution in [0.5, 0.6) is 0 Å². The summed E-state index contributed by atoms with van der Waals surface area (Å²) < 4.78 is 52.8. The first-order chi connectivity index (χ1) is 15.1. The number of halogens is 4. The summed E-state index contributed by atoms with van der Waals surface area (Å²) in [6.07, 6.45) is -0.0344. The molecular weight excluding hydrogens is 422 g/mol. The van der Waals surface area contributed by atoms with Gasteiger partial charge >= 0.3 is 6.18 Å². The fourth-order valence-electron chi connectivity index (χ4n) is 4.11. The van der Waals surface area contributed by atoms with E-state index in [1.165, 1.54) is 6.07 Å². The van der Waals surface area contributed by atoms with Crippen LogP contribution < -0.4 is 0 Å². The maximum Gasteiger partial charge on any atom is 0.419 e. The standard InChI is InChI=1S/C24H29F4N3O/c1-4-5-16(17-6-7-19(20(25)11-17)24(26,27)28)12-23(32)31-9-8-18-13-29-22(10-15(2)3)30-21(18)14-31/h6-7,11,13,15-16H,4-5,8-10,12,14H2,1-3H3. The minimum atomic E-state index is -4.74. The lowest BCUT2D eigenvalue weighted by atomic mass is 9.89. The molecule has 2 heterocycles. The van der Waals surface area contributed by atoms with Crippen LogP contribution in [0.4, 0.5) is 17.6 Å². The van der Waals surface area contributed by atoms with E-state index in [9.17, 15) is 22.4 Å². The van der Waals surface area contributed by atoms with E-state index < -0.39 is 17.6 Å². The summed E-state index contributed by atoms with van der Waals surface area (Å²) >= 11 is 0. The van der Waals surface area contributed by atoms with Gasteiger partial charge in [-0.1, -0.05) is 33.3 Å². The number of carbonyl (C=O) groups is 1. The third kappa shape index (κ3) is 5.84. The number of benzene rings is 1. The molecule has 0 saturated heterocycles. The van der Waals surface area contributed by atoms with Crippen LogP contribution in [0.2, 0.25) is 0 Å². The Bertz CT molecular complexity index is 959. The second kappa shape index (κ2) is 9.96. The molecule has 1 amide bonds. The van der Waals surface area contributed by atoms with E-state index in [1.807, 2.05) is 13.1 Å². The van der Waals surface area contributed by atoms with E-state index >= 15 is 0 Å². The highest BCUT2D eigenvalue weighted by molar-refractivity contribution is 5.77. The lowest BCUT2D eigenvalue weighted by molar-refractivity contribution is -0.140. The number of hydrogen-bond donors (Lipinski definition) is 0. The first-order valence-corrected chi connectivity index (χ1v) is 11.1. The Kier molecular flexibility index (Phi) is 7.51. The van der Waals surface area contributed by atoms with Crippen molar-refractivity contribution in [1.82, 2.24) is 14.9 Å². The van der Waals surface area contributed by atoms with Gasteiger partial charge < -0.3 is 4.90 Å². The SMILES string of the molecule is CCCC(CC(=O)N1CCc2cnc(CC(C)C)nc2C1)c1ccc(C(F)(F)F)c(F)c1. The Morgan fingerprint density at radius 1 is 1.25 bits per heavy atom. The number of rotatable bonds is 7. The highest BCUT2D eigenvalue weighted by Crippen LogP contribution is 2.34. The van der Waals surface area contributed by atoms with Crippen LogP contribution in [0.1, 0.15) is 74.2 Å². The molecule has 0 fully saturated rings. The molecule has 0 saturated carbocycles. The second-order valence-corrected chi connectivity index (χ2v) is 8.85. The van der Waals surface area contributed by atoms with Gasteiger partial charge in [0.05, 0.1) is 17.8 Å². The smallest absolute Gasteiger partial charge is 0.336 e. The Hall–Kier alpha value is -2.51. The van der Waals surface area contributed by atoms with Gasteiger partial charge in [-0.2, -0.15) is 13.2 Å². The molecule has 1 aliphatic rings. The third-order valence-electron chi connectivity index (χ3n) is 5.77. The molecule has 174 valence electrons. The summed E-state index contributed by atoms with van der Waals surface area (Å²) in [4.78, 5) is 23.8. The number of hydrogen-bond acceptors (Lipinski definition) is 3. The summed E-state index contributed by atoms with van der Waals surface area (Å²) in [7, 11) is 0. The summed E-state index contributed by atoms with van der Waals surface area (Å²) in [6.45, 7) is 7.05. The summed E-state index contributed by atoms with van der Waals surface area (Å²) in [5, 5.41) is 0. The van der Waals surface area contributed by atoms with Crippen molar-refractivity contribution in [3.8, 4) is 0 Å². The number of nitrogens with zero attached hydrogens (tertiary/aromatic N) is 3. The predicted molar refractivity (Wildman–Crippen MR) is 113 cm³/mol. The minimum Gasteiger partial charge on any atom is -0.336 e. The third-order valence-corrected chi connectivity index (χ3v) is 5.77. The number of carbonyl (C=O) groups excluding carboxylic acids is 1. The van der Waals surface area contributed by atoms with Crippen LogP contribution in [-0.2, 0) is 30.4 Å². The Labute approximate surface area is 186 Å². The van der Waals surface area contributed by atoms with Crippen LogP contribution >= 0.6 is 0 Å². The van der Waals surface area contributed by atoms with Crippen LogP contribution in [0.15, 0.2) is 24.4 Å². The molecule has 0 bridgehead atoms.